The summed E-state index contributed by atoms with van der Waals surface area (Å²) in [6, 6.07) is 0.813. The standard InChI is InChI=1S/C16H34N2/c1-14(15-10-11-15)18(5)13-9-7-6-8-12-17-16(2,3)4/h14-15,17H,6-13H2,1-5H3. The third-order valence-electron chi connectivity index (χ3n) is 4.09. The van der Waals surface area contributed by atoms with E-state index in [1.54, 1.807) is 0 Å². The normalized spacial score (nSPS) is 18.3. The first-order valence-electron chi connectivity index (χ1n) is 7.85. The molecule has 0 spiro atoms. The van der Waals surface area contributed by atoms with Gasteiger partial charge in [0.1, 0.15) is 0 Å². The second-order valence-corrected chi connectivity index (χ2v) is 7.15. The van der Waals surface area contributed by atoms with Crippen LogP contribution in [-0.4, -0.2) is 36.6 Å². The summed E-state index contributed by atoms with van der Waals surface area (Å²) in [6.45, 7) is 11.6. The van der Waals surface area contributed by atoms with Crippen molar-refractivity contribution in [2.75, 3.05) is 20.1 Å². The van der Waals surface area contributed by atoms with E-state index in [-0.39, 0.29) is 5.54 Å². The van der Waals surface area contributed by atoms with Crippen LogP contribution in [0.2, 0.25) is 0 Å². The van der Waals surface area contributed by atoms with Crippen LogP contribution >= 0.6 is 0 Å². The van der Waals surface area contributed by atoms with Gasteiger partial charge in [0.15, 0.2) is 0 Å². The Bertz CT molecular complexity index is 216. The van der Waals surface area contributed by atoms with Crippen molar-refractivity contribution in [3.05, 3.63) is 0 Å². The molecule has 0 aliphatic heterocycles. The van der Waals surface area contributed by atoms with Crippen LogP contribution in [0.4, 0.5) is 0 Å². The van der Waals surface area contributed by atoms with Crippen LogP contribution < -0.4 is 5.32 Å². The Morgan fingerprint density at radius 3 is 2.28 bits per heavy atom. The van der Waals surface area contributed by atoms with Crippen molar-refractivity contribution < 1.29 is 0 Å². The van der Waals surface area contributed by atoms with E-state index in [2.05, 4.69) is 45.0 Å². The Hall–Kier alpha value is -0.0800. The molecule has 2 heteroatoms. The van der Waals surface area contributed by atoms with Gasteiger partial charge in [0.25, 0.3) is 0 Å². The maximum absolute atomic E-state index is 3.55. The molecule has 1 rings (SSSR count). The molecule has 0 aromatic rings. The molecular formula is C16H34N2. The molecule has 1 aliphatic rings. The summed E-state index contributed by atoms with van der Waals surface area (Å²) in [5.41, 5.74) is 0.278. The summed E-state index contributed by atoms with van der Waals surface area (Å²) in [7, 11) is 2.30. The molecule has 0 heterocycles. The van der Waals surface area contributed by atoms with Gasteiger partial charge in [-0.1, -0.05) is 12.8 Å². The number of hydrogen-bond donors (Lipinski definition) is 1. The first-order valence-corrected chi connectivity index (χ1v) is 7.85. The third-order valence-corrected chi connectivity index (χ3v) is 4.09. The van der Waals surface area contributed by atoms with Gasteiger partial charge in [-0.05, 0) is 79.4 Å². The van der Waals surface area contributed by atoms with E-state index in [1.807, 2.05) is 0 Å². The molecule has 2 nitrogen and oxygen atoms in total. The van der Waals surface area contributed by atoms with Gasteiger partial charge in [-0.3, -0.25) is 0 Å². The van der Waals surface area contributed by atoms with E-state index < -0.39 is 0 Å². The highest BCUT2D eigenvalue weighted by Crippen LogP contribution is 2.34. The molecule has 0 radical (unpaired) electrons. The van der Waals surface area contributed by atoms with E-state index >= 15 is 0 Å². The van der Waals surface area contributed by atoms with Gasteiger partial charge in [0.2, 0.25) is 0 Å². The van der Waals surface area contributed by atoms with Crippen molar-refractivity contribution in [2.24, 2.45) is 5.92 Å². The molecule has 1 atom stereocenters. The fraction of sp³-hybridized carbons (Fsp3) is 1.00. The zero-order valence-corrected chi connectivity index (χ0v) is 13.3. The fourth-order valence-corrected chi connectivity index (χ4v) is 2.45. The minimum Gasteiger partial charge on any atom is -0.312 e. The summed E-state index contributed by atoms with van der Waals surface area (Å²) in [5.74, 6) is 1.01. The summed E-state index contributed by atoms with van der Waals surface area (Å²) >= 11 is 0. The average molecular weight is 254 g/mol. The van der Waals surface area contributed by atoms with Gasteiger partial charge in [-0.2, -0.15) is 0 Å². The third kappa shape index (κ3) is 7.38. The summed E-state index contributed by atoms with van der Waals surface area (Å²) in [5, 5.41) is 3.55. The van der Waals surface area contributed by atoms with E-state index in [1.165, 1.54) is 45.1 Å². The Morgan fingerprint density at radius 1 is 1.11 bits per heavy atom. The Labute approximate surface area is 115 Å². The molecule has 0 bridgehead atoms. The number of nitrogens with one attached hydrogen (secondary N) is 1. The smallest absolute Gasteiger partial charge is 0.00965 e. The van der Waals surface area contributed by atoms with Gasteiger partial charge in [-0.25, -0.2) is 0 Å². The van der Waals surface area contributed by atoms with E-state index in [4.69, 9.17) is 0 Å². The molecule has 1 fully saturated rings. The Kier molecular flexibility index (Phi) is 6.65. The van der Waals surface area contributed by atoms with Gasteiger partial charge >= 0.3 is 0 Å². The SMILES string of the molecule is CC(C1CC1)N(C)CCCCCCNC(C)(C)C. The predicted octanol–water partition coefficient (Wildman–Crippen LogP) is 3.67. The van der Waals surface area contributed by atoms with Crippen LogP contribution in [0.15, 0.2) is 0 Å². The number of nitrogens with zero attached hydrogens (tertiary/aromatic N) is 1. The lowest BCUT2D eigenvalue weighted by Crippen LogP contribution is -2.36. The molecular weight excluding hydrogens is 220 g/mol. The molecule has 1 N–H and O–H groups in total. The van der Waals surface area contributed by atoms with Crippen LogP contribution in [-0.2, 0) is 0 Å². The quantitative estimate of drug-likeness (QED) is 0.632. The zero-order valence-electron chi connectivity index (χ0n) is 13.3. The summed E-state index contributed by atoms with van der Waals surface area (Å²) in [6.07, 6.45) is 8.36. The highest BCUT2D eigenvalue weighted by molar-refractivity contribution is 4.83. The molecule has 108 valence electrons. The van der Waals surface area contributed by atoms with E-state index in [9.17, 15) is 0 Å². The molecule has 18 heavy (non-hydrogen) atoms. The van der Waals surface area contributed by atoms with Gasteiger partial charge in [0.05, 0.1) is 0 Å². The molecule has 1 unspecified atom stereocenters. The fourth-order valence-electron chi connectivity index (χ4n) is 2.45. The molecule has 0 saturated heterocycles. The average Bonchev–Trinajstić information content (AvgIpc) is 3.08. The monoisotopic (exact) mass is 254 g/mol. The van der Waals surface area contributed by atoms with Crippen LogP contribution in [0.5, 0.6) is 0 Å². The second-order valence-electron chi connectivity index (χ2n) is 7.15. The van der Waals surface area contributed by atoms with Crippen LogP contribution in [0, 0.1) is 5.92 Å². The van der Waals surface area contributed by atoms with E-state index in [0.29, 0.717) is 0 Å². The van der Waals surface area contributed by atoms with Gasteiger partial charge in [-0.15, -0.1) is 0 Å². The molecule has 0 amide bonds. The Morgan fingerprint density at radius 2 is 1.72 bits per heavy atom. The molecule has 1 saturated carbocycles. The van der Waals surface area contributed by atoms with Crippen LogP contribution in [0.25, 0.3) is 0 Å². The molecule has 0 aromatic carbocycles. The van der Waals surface area contributed by atoms with Gasteiger partial charge < -0.3 is 10.2 Å². The maximum atomic E-state index is 3.55. The van der Waals surface area contributed by atoms with Crippen LogP contribution in [0.1, 0.15) is 66.2 Å². The minimum atomic E-state index is 0.278. The largest absolute Gasteiger partial charge is 0.312 e. The van der Waals surface area contributed by atoms with Crippen molar-refractivity contribution in [2.45, 2.75) is 77.8 Å². The lowest BCUT2D eigenvalue weighted by atomic mass is 10.1. The second kappa shape index (κ2) is 7.49. The zero-order chi connectivity index (χ0) is 13.6. The summed E-state index contributed by atoms with van der Waals surface area (Å²) in [4.78, 5) is 2.56. The lowest BCUT2D eigenvalue weighted by molar-refractivity contribution is 0.229. The van der Waals surface area contributed by atoms with Crippen molar-refractivity contribution in [1.82, 2.24) is 10.2 Å². The molecule has 0 aromatic heterocycles. The first-order chi connectivity index (χ1) is 8.40. The van der Waals surface area contributed by atoms with Crippen molar-refractivity contribution in [3.63, 3.8) is 0 Å². The maximum Gasteiger partial charge on any atom is 0.00965 e. The number of hydrogen-bond acceptors (Lipinski definition) is 2. The van der Waals surface area contributed by atoms with Crippen molar-refractivity contribution in [1.29, 1.82) is 0 Å². The topological polar surface area (TPSA) is 15.3 Å². The van der Waals surface area contributed by atoms with Gasteiger partial charge in [0, 0.05) is 11.6 Å². The first kappa shape index (κ1) is 16.0. The summed E-state index contributed by atoms with van der Waals surface area (Å²) < 4.78 is 0. The predicted molar refractivity (Wildman–Crippen MR) is 81.0 cm³/mol. The van der Waals surface area contributed by atoms with Crippen molar-refractivity contribution >= 4 is 0 Å². The minimum absolute atomic E-state index is 0.278. The molecule has 1 aliphatic carbocycles. The highest BCUT2D eigenvalue weighted by atomic mass is 15.1. The lowest BCUT2D eigenvalue weighted by Gasteiger charge is -2.24. The van der Waals surface area contributed by atoms with E-state index in [0.717, 1.165) is 18.5 Å². The highest BCUT2D eigenvalue weighted by Gasteiger charge is 2.29. The number of rotatable bonds is 9. The van der Waals surface area contributed by atoms with Crippen LogP contribution in [0.3, 0.4) is 0 Å². The Balaban J connectivity index is 1.89. The van der Waals surface area contributed by atoms with Crippen molar-refractivity contribution in [3.8, 4) is 0 Å². The number of unbranched alkanes of at least 4 members (excludes halogenated alkanes) is 3.